The molecule has 0 amide bonds. The van der Waals surface area contributed by atoms with Gasteiger partial charge in [-0.25, -0.2) is 9.83 Å². The molecule has 0 bridgehead atoms. The van der Waals surface area contributed by atoms with Crippen LogP contribution in [0.2, 0.25) is 0 Å². The minimum Gasteiger partial charge on any atom is -0.447 e. The smallest absolute Gasteiger partial charge is 0.248 e. The molecule has 0 saturated carbocycles. The number of nitrogens with zero attached hydrogens (tertiary/aromatic N) is 4. The van der Waals surface area contributed by atoms with E-state index in [-0.39, 0.29) is 0 Å². The number of hydrogen-bond acceptors (Lipinski definition) is 3. The standard InChI is InChI=1S/C41H28N4O/c1-28-17-21-32(22-18-28)44(30-11-5-3-6-12-30)33-23-19-29(20-24-33)25-37(42-2)41-43-36-26-35-34-15-9-10-16-38(34)45(31-13-7-4-8-14-31)39(35)27-40(36)46-41/h3-27H,1H3. The van der Waals surface area contributed by atoms with Gasteiger partial charge in [0.2, 0.25) is 11.6 Å². The van der Waals surface area contributed by atoms with Crippen molar-refractivity contribution in [3.8, 4) is 5.69 Å². The highest BCUT2D eigenvalue weighted by Crippen LogP contribution is 2.37. The molecule has 5 nitrogen and oxygen atoms in total. The number of aryl methyl sites for hydroxylation is 1. The van der Waals surface area contributed by atoms with Crippen molar-refractivity contribution in [1.29, 1.82) is 0 Å². The molecular formula is C41H28N4O. The number of rotatable bonds is 6. The SMILES string of the molecule is [C-]#[N+]C(=Cc1ccc(N(c2ccccc2)c2ccc(C)cc2)cc1)c1nc2cc3c4ccccc4n(-c4ccccc4)c3cc2o1. The monoisotopic (exact) mass is 592 g/mol. The molecule has 6 aromatic carbocycles. The van der Waals surface area contributed by atoms with Crippen molar-refractivity contribution in [1.82, 2.24) is 9.55 Å². The molecule has 0 aliphatic rings. The number of oxazole rings is 1. The van der Waals surface area contributed by atoms with Gasteiger partial charge < -0.3 is 13.9 Å². The third-order valence-corrected chi connectivity index (χ3v) is 8.30. The number of anilines is 3. The fourth-order valence-electron chi connectivity index (χ4n) is 6.09. The van der Waals surface area contributed by atoms with Gasteiger partial charge in [0.25, 0.3) is 0 Å². The van der Waals surface area contributed by atoms with Gasteiger partial charge in [0.1, 0.15) is 5.52 Å². The first-order valence-corrected chi connectivity index (χ1v) is 15.2. The van der Waals surface area contributed by atoms with E-state index in [1.807, 2.05) is 60.7 Å². The van der Waals surface area contributed by atoms with Gasteiger partial charge in [-0.1, -0.05) is 84.4 Å². The molecule has 218 valence electrons. The van der Waals surface area contributed by atoms with E-state index in [1.165, 1.54) is 5.56 Å². The summed E-state index contributed by atoms with van der Waals surface area (Å²) in [5, 5.41) is 2.23. The van der Waals surface area contributed by atoms with E-state index >= 15 is 0 Å². The highest BCUT2D eigenvalue weighted by atomic mass is 16.3. The van der Waals surface area contributed by atoms with Gasteiger partial charge in [0.05, 0.1) is 17.6 Å². The second-order valence-electron chi connectivity index (χ2n) is 11.3. The third kappa shape index (κ3) is 4.79. The third-order valence-electron chi connectivity index (χ3n) is 8.30. The van der Waals surface area contributed by atoms with Crippen LogP contribution >= 0.6 is 0 Å². The molecule has 0 atom stereocenters. The maximum Gasteiger partial charge on any atom is 0.248 e. The summed E-state index contributed by atoms with van der Waals surface area (Å²) in [6, 6.07) is 49.8. The largest absolute Gasteiger partial charge is 0.447 e. The zero-order chi connectivity index (χ0) is 31.0. The van der Waals surface area contributed by atoms with Crippen LogP contribution in [0.5, 0.6) is 0 Å². The predicted molar refractivity (Wildman–Crippen MR) is 189 cm³/mol. The van der Waals surface area contributed by atoms with E-state index in [9.17, 15) is 0 Å². The molecule has 2 heterocycles. The lowest BCUT2D eigenvalue weighted by molar-refractivity contribution is 0.586. The summed E-state index contributed by atoms with van der Waals surface area (Å²) in [7, 11) is 0. The molecule has 5 heteroatoms. The lowest BCUT2D eigenvalue weighted by Crippen LogP contribution is -2.09. The Hall–Kier alpha value is -6.38. The second-order valence-corrected chi connectivity index (χ2v) is 11.3. The molecule has 0 spiro atoms. The molecular weight excluding hydrogens is 564 g/mol. The summed E-state index contributed by atoms with van der Waals surface area (Å²) in [4.78, 5) is 10.8. The first-order chi connectivity index (χ1) is 22.7. The summed E-state index contributed by atoms with van der Waals surface area (Å²) >= 11 is 0. The van der Waals surface area contributed by atoms with Crippen molar-refractivity contribution in [2.45, 2.75) is 6.92 Å². The Morgan fingerprint density at radius 2 is 1.33 bits per heavy atom. The van der Waals surface area contributed by atoms with Gasteiger partial charge in [-0.3, -0.25) is 0 Å². The highest BCUT2D eigenvalue weighted by molar-refractivity contribution is 6.12. The maximum atomic E-state index is 7.99. The van der Waals surface area contributed by atoms with Crippen LogP contribution in [0.15, 0.2) is 150 Å². The Morgan fingerprint density at radius 1 is 0.696 bits per heavy atom. The van der Waals surface area contributed by atoms with E-state index in [0.717, 1.165) is 55.6 Å². The zero-order valence-electron chi connectivity index (χ0n) is 25.1. The van der Waals surface area contributed by atoms with Gasteiger partial charge in [0.15, 0.2) is 5.58 Å². The Morgan fingerprint density at radius 3 is 2.04 bits per heavy atom. The number of aromatic nitrogens is 2. The van der Waals surface area contributed by atoms with E-state index < -0.39 is 0 Å². The molecule has 46 heavy (non-hydrogen) atoms. The first kappa shape index (κ1) is 27.2. The molecule has 8 rings (SSSR count). The molecule has 0 aliphatic carbocycles. The minimum atomic E-state index is 0.308. The maximum absolute atomic E-state index is 7.99. The summed E-state index contributed by atoms with van der Waals surface area (Å²) in [6.07, 6.45) is 1.83. The summed E-state index contributed by atoms with van der Waals surface area (Å²) in [5.74, 6) is 0.308. The molecule has 0 saturated heterocycles. The number of hydrogen-bond donors (Lipinski definition) is 0. The van der Waals surface area contributed by atoms with Crippen LogP contribution in [0, 0.1) is 13.5 Å². The Kier molecular flexibility index (Phi) is 6.67. The quantitative estimate of drug-likeness (QED) is 0.180. The second kappa shape index (κ2) is 11.3. The van der Waals surface area contributed by atoms with Gasteiger partial charge in [-0.2, -0.15) is 0 Å². The number of benzene rings is 6. The number of para-hydroxylation sites is 3. The molecule has 0 unspecified atom stereocenters. The van der Waals surface area contributed by atoms with Crippen molar-refractivity contribution in [3.05, 3.63) is 174 Å². The molecule has 2 aromatic heterocycles. The predicted octanol–water partition coefficient (Wildman–Crippen LogP) is 11.1. The fourth-order valence-corrected chi connectivity index (χ4v) is 6.09. The Balaban J connectivity index is 1.17. The topological polar surface area (TPSA) is 38.6 Å². The molecule has 8 aromatic rings. The summed E-state index contributed by atoms with van der Waals surface area (Å²) in [5.41, 5.74) is 10.2. The number of fused-ring (bicyclic) bond motifs is 4. The summed E-state index contributed by atoms with van der Waals surface area (Å²) in [6.45, 7) is 10.1. The van der Waals surface area contributed by atoms with E-state index in [1.54, 1.807) is 0 Å². The average Bonchev–Trinajstić information content (AvgIpc) is 3.67. The van der Waals surface area contributed by atoms with Crippen LogP contribution in [0.4, 0.5) is 17.1 Å². The van der Waals surface area contributed by atoms with E-state index in [4.69, 9.17) is 16.0 Å². The molecule has 0 N–H and O–H groups in total. The minimum absolute atomic E-state index is 0.308. The van der Waals surface area contributed by atoms with Crippen molar-refractivity contribution in [2.24, 2.45) is 0 Å². The average molecular weight is 593 g/mol. The van der Waals surface area contributed by atoms with Gasteiger partial charge in [-0.05, 0) is 79.2 Å². The van der Waals surface area contributed by atoms with Crippen LogP contribution in [0.1, 0.15) is 17.0 Å². The van der Waals surface area contributed by atoms with Crippen LogP contribution in [-0.4, -0.2) is 9.55 Å². The Labute approximate surface area is 266 Å². The summed E-state index contributed by atoms with van der Waals surface area (Å²) < 4.78 is 8.51. The van der Waals surface area contributed by atoms with Crippen LogP contribution < -0.4 is 4.90 Å². The molecule has 0 aliphatic heterocycles. The molecule has 0 radical (unpaired) electrons. The van der Waals surface area contributed by atoms with Gasteiger partial charge >= 0.3 is 0 Å². The van der Waals surface area contributed by atoms with Crippen molar-refractivity contribution in [3.63, 3.8) is 0 Å². The molecule has 0 fully saturated rings. The van der Waals surface area contributed by atoms with Gasteiger partial charge in [-0.15, -0.1) is 0 Å². The van der Waals surface area contributed by atoms with Gasteiger partial charge in [0, 0.05) is 39.6 Å². The highest BCUT2D eigenvalue weighted by Gasteiger charge is 2.18. The fraction of sp³-hybridized carbons (Fsp3) is 0.0244. The van der Waals surface area contributed by atoms with E-state index in [2.05, 4.69) is 112 Å². The van der Waals surface area contributed by atoms with Crippen LogP contribution in [-0.2, 0) is 0 Å². The first-order valence-electron chi connectivity index (χ1n) is 15.2. The lowest BCUT2D eigenvalue weighted by atomic mass is 10.1. The Bertz CT molecular complexity index is 2410. The van der Waals surface area contributed by atoms with Crippen molar-refractivity contribution >= 4 is 61.7 Å². The van der Waals surface area contributed by atoms with E-state index in [0.29, 0.717) is 17.2 Å². The van der Waals surface area contributed by atoms with Crippen molar-refractivity contribution < 1.29 is 4.42 Å². The van der Waals surface area contributed by atoms with Crippen LogP contribution in [0.25, 0.3) is 55.2 Å². The normalized spacial score (nSPS) is 11.7. The van der Waals surface area contributed by atoms with Crippen molar-refractivity contribution in [2.75, 3.05) is 4.90 Å². The van der Waals surface area contributed by atoms with Crippen LogP contribution in [0.3, 0.4) is 0 Å². The zero-order valence-corrected chi connectivity index (χ0v) is 25.1. The lowest BCUT2D eigenvalue weighted by Gasteiger charge is -2.25.